The fourth-order valence-corrected chi connectivity index (χ4v) is 2.90. The van der Waals surface area contributed by atoms with Gasteiger partial charge in [-0.05, 0) is 31.2 Å². The molecule has 0 spiro atoms. The number of nitrogens with zero attached hydrogens (tertiary/aromatic N) is 2. The summed E-state index contributed by atoms with van der Waals surface area (Å²) in [7, 11) is 0. The standard InChI is InChI=1S/C18H16N2O3S/c1-13(24-15-10-6-3-7-11-15)18(21)22-12-16-19-20-17(23-16)14-8-4-2-5-9-14/h2-11,13H,12H2,1H3. The molecule has 1 atom stereocenters. The molecule has 0 saturated heterocycles. The van der Waals surface area contributed by atoms with Crippen LogP contribution in [0.15, 0.2) is 70.0 Å². The van der Waals surface area contributed by atoms with Crippen molar-refractivity contribution in [1.29, 1.82) is 0 Å². The molecular weight excluding hydrogens is 324 g/mol. The zero-order valence-electron chi connectivity index (χ0n) is 13.1. The molecule has 0 fully saturated rings. The van der Waals surface area contributed by atoms with Crippen molar-refractivity contribution in [3.63, 3.8) is 0 Å². The van der Waals surface area contributed by atoms with Crippen LogP contribution in [0, 0.1) is 0 Å². The molecule has 0 amide bonds. The molecule has 0 bridgehead atoms. The topological polar surface area (TPSA) is 65.2 Å². The van der Waals surface area contributed by atoms with Crippen molar-refractivity contribution in [2.45, 2.75) is 23.7 Å². The summed E-state index contributed by atoms with van der Waals surface area (Å²) < 4.78 is 10.8. The molecule has 3 rings (SSSR count). The summed E-state index contributed by atoms with van der Waals surface area (Å²) in [5, 5.41) is 7.56. The predicted octanol–water partition coefficient (Wildman–Crippen LogP) is 3.96. The predicted molar refractivity (Wildman–Crippen MR) is 91.3 cm³/mol. The SMILES string of the molecule is CC(Sc1ccccc1)C(=O)OCc1nnc(-c2ccccc2)o1. The highest BCUT2D eigenvalue weighted by Gasteiger charge is 2.17. The Morgan fingerprint density at radius 2 is 1.75 bits per heavy atom. The Balaban J connectivity index is 1.54. The van der Waals surface area contributed by atoms with Crippen LogP contribution in [0.3, 0.4) is 0 Å². The lowest BCUT2D eigenvalue weighted by atomic mass is 10.2. The van der Waals surface area contributed by atoms with Gasteiger partial charge in [-0.2, -0.15) is 0 Å². The van der Waals surface area contributed by atoms with E-state index in [-0.39, 0.29) is 23.7 Å². The number of benzene rings is 2. The number of carbonyl (C=O) groups is 1. The second-order valence-corrected chi connectivity index (χ2v) is 6.46. The molecule has 6 heteroatoms. The van der Waals surface area contributed by atoms with Gasteiger partial charge in [-0.15, -0.1) is 22.0 Å². The normalized spacial score (nSPS) is 11.9. The second kappa shape index (κ2) is 7.79. The number of carbonyl (C=O) groups excluding carboxylic acids is 1. The van der Waals surface area contributed by atoms with E-state index in [0.29, 0.717) is 5.89 Å². The van der Waals surface area contributed by atoms with Crippen molar-refractivity contribution in [3.8, 4) is 11.5 Å². The van der Waals surface area contributed by atoms with Gasteiger partial charge in [0.05, 0.1) is 0 Å². The summed E-state index contributed by atoms with van der Waals surface area (Å²) in [5.74, 6) is 0.371. The second-order valence-electron chi connectivity index (χ2n) is 5.05. The monoisotopic (exact) mass is 340 g/mol. The Morgan fingerprint density at radius 3 is 2.46 bits per heavy atom. The summed E-state index contributed by atoms with van der Waals surface area (Å²) in [6.45, 7) is 1.78. The first-order valence-corrected chi connectivity index (χ1v) is 8.36. The van der Waals surface area contributed by atoms with E-state index in [1.807, 2.05) is 67.6 Å². The fourth-order valence-electron chi connectivity index (χ4n) is 2.01. The van der Waals surface area contributed by atoms with Gasteiger partial charge in [0.25, 0.3) is 5.89 Å². The van der Waals surface area contributed by atoms with Gasteiger partial charge in [0.1, 0.15) is 5.25 Å². The van der Waals surface area contributed by atoms with Gasteiger partial charge >= 0.3 is 5.97 Å². The molecule has 122 valence electrons. The number of esters is 1. The number of ether oxygens (including phenoxy) is 1. The highest BCUT2D eigenvalue weighted by Crippen LogP contribution is 2.24. The van der Waals surface area contributed by atoms with Crippen LogP contribution < -0.4 is 0 Å². The van der Waals surface area contributed by atoms with Gasteiger partial charge in [0.15, 0.2) is 6.61 Å². The van der Waals surface area contributed by atoms with Gasteiger partial charge in [0, 0.05) is 10.5 Å². The third kappa shape index (κ3) is 4.23. The van der Waals surface area contributed by atoms with Crippen molar-refractivity contribution >= 4 is 17.7 Å². The van der Waals surface area contributed by atoms with E-state index in [1.54, 1.807) is 0 Å². The third-order valence-electron chi connectivity index (χ3n) is 3.21. The maximum absolute atomic E-state index is 12.1. The van der Waals surface area contributed by atoms with Crippen molar-refractivity contribution < 1.29 is 13.9 Å². The third-order valence-corrected chi connectivity index (χ3v) is 4.30. The molecule has 0 radical (unpaired) electrons. The average molecular weight is 340 g/mol. The Labute approximate surface area is 144 Å². The van der Waals surface area contributed by atoms with E-state index in [1.165, 1.54) is 11.8 Å². The van der Waals surface area contributed by atoms with Crippen LogP contribution in [0.25, 0.3) is 11.5 Å². The number of thioether (sulfide) groups is 1. The minimum Gasteiger partial charge on any atom is -0.455 e. The van der Waals surface area contributed by atoms with Crippen molar-refractivity contribution in [3.05, 3.63) is 66.6 Å². The molecule has 24 heavy (non-hydrogen) atoms. The zero-order valence-corrected chi connectivity index (χ0v) is 13.9. The first-order chi connectivity index (χ1) is 11.7. The Morgan fingerprint density at radius 1 is 1.08 bits per heavy atom. The average Bonchev–Trinajstić information content (AvgIpc) is 3.10. The number of hydrogen-bond donors (Lipinski definition) is 0. The molecule has 0 aliphatic rings. The van der Waals surface area contributed by atoms with Crippen LogP contribution in [0.5, 0.6) is 0 Å². The molecule has 5 nitrogen and oxygen atoms in total. The lowest BCUT2D eigenvalue weighted by Crippen LogP contribution is -2.16. The fraction of sp³-hybridized carbons (Fsp3) is 0.167. The maximum atomic E-state index is 12.1. The van der Waals surface area contributed by atoms with E-state index >= 15 is 0 Å². The Kier molecular flexibility index (Phi) is 5.28. The van der Waals surface area contributed by atoms with Crippen LogP contribution >= 0.6 is 11.8 Å². The summed E-state index contributed by atoms with van der Waals surface area (Å²) in [6.07, 6.45) is 0. The van der Waals surface area contributed by atoms with Gasteiger partial charge in [-0.1, -0.05) is 36.4 Å². The minimum absolute atomic E-state index is 0.0294. The van der Waals surface area contributed by atoms with Crippen LogP contribution in [0.2, 0.25) is 0 Å². The highest BCUT2D eigenvalue weighted by molar-refractivity contribution is 8.00. The molecule has 1 aromatic heterocycles. The maximum Gasteiger partial charge on any atom is 0.319 e. The van der Waals surface area contributed by atoms with Crippen LogP contribution in [-0.2, 0) is 16.1 Å². The van der Waals surface area contributed by atoms with E-state index < -0.39 is 0 Å². The summed E-state index contributed by atoms with van der Waals surface area (Å²) >= 11 is 1.45. The van der Waals surface area contributed by atoms with Crippen molar-refractivity contribution in [2.75, 3.05) is 0 Å². The van der Waals surface area contributed by atoms with Gasteiger partial charge in [-0.3, -0.25) is 4.79 Å². The summed E-state index contributed by atoms with van der Waals surface area (Å²) in [5.41, 5.74) is 0.829. The van der Waals surface area contributed by atoms with E-state index in [2.05, 4.69) is 10.2 Å². The molecule has 0 aliphatic carbocycles. The first kappa shape index (κ1) is 16.3. The van der Waals surface area contributed by atoms with Crippen LogP contribution in [-0.4, -0.2) is 21.4 Å². The first-order valence-electron chi connectivity index (χ1n) is 7.48. The molecule has 3 aromatic rings. The molecular formula is C18H16N2O3S. The van der Waals surface area contributed by atoms with E-state index in [9.17, 15) is 4.79 Å². The largest absolute Gasteiger partial charge is 0.455 e. The van der Waals surface area contributed by atoms with Gasteiger partial charge in [0.2, 0.25) is 5.89 Å². The number of aromatic nitrogens is 2. The molecule has 2 aromatic carbocycles. The Hall–Kier alpha value is -2.60. The molecule has 0 saturated carbocycles. The van der Waals surface area contributed by atoms with Gasteiger partial charge < -0.3 is 9.15 Å². The lowest BCUT2D eigenvalue weighted by Gasteiger charge is -2.09. The minimum atomic E-state index is -0.316. The highest BCUT2D eigenvalue weighted by atomic mass is 32.2. The molecule has 1 unspecified atom stereocenters. The van der Waals surface area contributed by atoms with Gasteiger partial charge in [-0.25, -0.2) is 0 Å². The smallest absolute Gasteiger partial charge is 0.319 e. The quantitative estimate of drug-likeness (QED) is 0.500. The molecule has 0 N–H and O–H groups in total. The zero-order chi connectivity index (χ0) is 16.8. The number of hydrogen-bond acceptors (Lipinski definition) is 6. The van der Waals surface area contributed by atoms with Crippen molar-refractivity contribution in [2.24, 2.45) is 0 Å². The Bertz CT molecular complexity index is 790. The van der Waals surface area contributed by atoms with Crippen molar-refractivity contribution in [1.82, 2.24) is 10.2 Å². The van der Waals surface area contributed by atoms with Crippen LogP contribution in [0.4, 0.5) is 0 Å². The lowest BCUT2D eigenvalue weighted by molar-refractivity contribution is -0.144. The number of rotatable bonds is 6. The van der Waals surface area contributed by atoms with Crippen LogP contribution in [0.1, 0.15) is 12.8 Å². The summed E-state index contributed by atoms with van der Waals surface area (Å²) in [6, 6.07) is 19.2. The molecule has 0 aliphatic heterocycles. The van der Waals surface area contributed by atoms with E-state index in [0.717, 1.165) is 10.5 Å². The van der Waals surface area contributed by atoms with E-state index in [4.69, 9.17) is 9.15 Å². The summed E-state index contributed by atoms with van der Waals surface area (Å²) in [4.78, 5) is 13.1. The molecule has 1 heterocycles.